The SMILES string of the molecule is CC1=c2c(cc3c(c2Cl)Oc2c(cc4c(c2Cl)N(C)C(C)(C)c2c-4sc4ccccc24)C=3c2c(F)c(F)cc(F)c2S(=O)(=O)O)-c2sc3ccccc3c2C1(C)C. The number of rotatable bonds is 2. The molecule has 288 valence electrons. The summed E-state index contributed by atoms with van der Waals surface area (Å²) >= 11 is 18.0. The summed E-state index contributed by atoms with van der Waals surface area (Å²) in [5.74, 6) is -5.05. The van der Waals surface area contributed by atoms with Crippen LogP contribution in [0, 0.1) is 17.5 Å². The van der Waals surface area contributed by atoms with Crippen molar-refractivity contribution in [3.8, 4) is 32.4 Å². The monoisotopic (exact) mass is 859 g/mol. The van der Waals surface area contributed by atoms with E-state index >= 15 is 13.2 Å². The van der Waals surface area contributed by atoms with Gasteiger partial charge in [-0.25, -0.2) is 13.2 Å². The molecule has 13 heteroatoms. The first-order valence-electron chi connectivity index (χ1n) is 17.9. The standard InChI is InChI=1S/C44H30Cl2F3NO4S3/c1-18-29-23(40-32(43(18,2)3)19-11-7-9-13-27(19)55-40)15-21-30(31-36(49)25(47)17-26(48)42(31)57(51,52)53)22-16-24-37(35(46)39(22)54-38(21)34(29)45)50(6)44(4,5)33-20-12-8-10-14-28(20)56-41(24)33/h7-17H,1-6H3,(H,51,52,53). The van der Waals surface area contributed by atoms with Crippen LogP contribution in [-0.2, 0) is 21.1 Å². The summed E-state index contributed by atoms with van der Waals surface area (Å²) in [5.41, 5.74) is 2.50. The van der Waals surface area contributed by atoms with Gasteiger partial charge in [-0.1, -0.05) is 79.0 Å². The molecule has 3 aliphatic rings. The van der Waals surface area contributed by atoms with E-state index < -0.39 is 49.0 Å². The summed E-state index contributed by atoms with van der Waals surface area (Å²) in [6.07, 6.45) is 0. The molecule has 0 saturated carbocycles. The molecule has 0 radical (unpaired) electrons. The maximum absolute atomic E-state index is 16.7. The lowest BCUT2D eigenvalue weighted by molar-refractivity contribution is 0.453. The van der Waals surface area contributed by atoms with Gasteiger partial charge >= 0.3 is 0 Å². The highest BCUT2D eigenvalue weighted by Gasteiger charge is 2.44. The average molecular weight is 861 g/mol. The first-order valence-corrected chi connectivity index (χ1v) is 21.7. The molecule has 4 heterocycles. The summed E-state index contributed by atoms with van der Waals surface area (Å²) in [5, 5.41) is 3.01. The molecule has 10 rings (SSSR count). The molecule has 0 unspecified atom stereocenters. The van der Waals surface area contributed by atoms with Crippen molar-refractivity contribution in [3.63, 3.8) is 0 Å². The maximum Gasteiger partial charge on any atom is 0.298 e. The Kier molecular flexibility index (Phi) is 7.69. The summed E-state index contributed by atoms with van der Waals surface area (Å²) < 4.78 is 93.5. The Morgan fingerprint density at radius 3 is 2.00 bits per heavy atom. The Morgan fingerprint density at radius 2 is 1.37 bits per heavy atom. The molecule has 1 N–H and O–H groups in total. The van der Waals surface area contributed by atoms with E-state index in [0.717, 1.165) is 46.6 Å². The zero-order valence-corrected chi connectivity index (χ0v) is 35.0. The summed E-state index contributed by atoms with van der Waals surface area (Å²) in [6, 6.07) is 19.5. The molecule has 57 heavy (non-hydrogen) atoms. The fraction of sp³-hybridized carbons (Fsp3) is 0.182. The predicted molar refractivity (Wildman–Crippen MR) is 225 cm³/mol. The van der Waals surface area contributed by atoms with Crippen LogP contribution in [0.25, 0.3) is 52.2 Å². The first-order chi connectivity index (χ1) is 26.9. The molecule has 0 fully saturated rings. The molecule has 0 saturated heterocycles. The number of nitrogens with zero attached hydrogens (tertiary/aromatic N) is 1. The van der Waals surface area contributed by atoms with Gasteiger partial charge in [0.1, 0.15) is 15.7 Å². The molecular weight excluding hydrogens is 831 g/mol. The van der Waals surface area contributed by atoms with Crippen LogP contribution < -0.4 is 20.1 Å². The summed E-state index contributed by atoms with van der Waals surface area (Å²) in [6.45, 7) is 10.4. The lowest BCUT2D eigenvalue weighted by atomic mass is 9.71. The minimum atomic E-state index is -5.51. The lowest BCUT2D eigenvalue weighted by Gasteiger charge is -2.44. The van der Waals surface area contributed by atoms with Gasteiger partial charge in [0.25, 0.3) is 10.1 Å². The Morgan fingerprint density at radius 1 is 0.772 bits per heavy atom. The second-order valence-corrected chi connectivity index (χ2v) is 20.0. The quantitative estimate of drug-likeness (QED) is 0.139. The highest BCUT2D eigenvalue weighted by Crippen LogP contribution is 2.60. The largest absolute Gasteiger partial charge is 0.453 e. The number of hydrogen-bond donors (Lipinski definition) is 1. The van der Waals surface area contributed by atoms with Gasteiger partial charge in [-0.2, -0.15) is 8.42 Å². The van der Waals surface area contributed by atoms with Gasteiger partial charge in [0.15, 0.2) is 23.1 Å². The van der Waals surface area contributed by atoms with Crippen LogP contribution >= 0.6 is 45.9 Å². The molecule has 0 bridgehead atoms. The Balaban J connectivity index is 1.44. The van der Waals surface area contributed by atoms with Crippen molar-refractivity contribution in [1.82, 2.24) is 0 Å². The Hall–Kier alpha value is -4.36. The number of thiophene rings is 2. The third kappa shape index (κ3) is 4.75. The van der Waals surface area contributed by atoms with E-state index in [-0.39, 0.29) is 44.0 Å². The van der Waals surface area contributed by atoms with Crippen LogP contribution in [0.5, 0.6) is 11.5 Å². The van der Waals surface area contributed by atoms with Crippen LogP contribution in [0.4, 0.5) is 18.9 Å². The Labute approximate surface area is 343 Å². The van der Waals surface area contributed by atoms with Gasteiger partial charge < -0.3 is 9.64 Å². The number of halogens is 5. The highest BCUT2D eigenvalue weighted by molar-refractivity contribution is 7.86. The molecule has 5 aromatic carbocycles. The first kappa shape index (κ1) is 36.9. The van der Waals surface area contributed by atoms with E-state index in [0.29, 0.717) is 22.0 Å². The van der Waals surface area contributed by atoms with Crippen molar-refractivity contribution in [1.29, 1.82) is 0 Å². The summed E-state index contributed by atoms with van der Waals surface area (Å²) in [7, 11) is -3.61. The lowest BCUT2D eigenvalue weighted by Crippen LogP contribution is -2.41. The van der Waals surface area contributed by atoms with Crippen molar-refractivity contribution in [2.24, 2.45) is 0 Å². The minimum absolute atomic E-state index is 0.00916. The number of fused-ring (bicyclic) bond motifs is 12. The van der Waals surface area contributed by atoms with Crippen LogP contribution in [0.1, 0.15) is 56.9 Å². The zero-order valence-electron chi connectivity index (χ0n) is 31.1. The van der Waals surface area contributed by atoms with Crippen LogP contribution in [-0.4, -0.2) is 20.0 Å². The smallest absolute Gasteiger partial charge is 0.298 e. The second-order valence-electron chi connectivity index (χ2n) is 15.7. The molecule has 0 amide bonds. The molecule has 0 spiro atoms. The van der Waals surface area contributed by atoms with Crippen molar-refractivity contribution in [2.75, 3.05) is 11.9 Å². The molecule has 2 aliphatic heterocycles. The van der Waals surface area contributed by atoms with Crippen molar-refractivity contribution in [3.05, 3.63) is 127 Å². The topological polar surface area (TPSA) is 66.8 Å². The molecule has 5 nitrogen and oxygen atoms in total. The van der Waals surface area contributed by atoms with E-state index in [1.165, 1.54) is 11.3 Å². The fourth-order valence-corrected chi connectivity index (χ4v) is 13.4. The highest BCUT2D eigenvalue weighted by atomic mass is 35.5. The van der Waals surface area contributed by atoms with Gasteiger partial charge in [0, 0.05) is 81.5 Å². The number of hydrogen-bond acceptors (Lipinski definition) is 6. The summed E-state index contributed by atoms with van der Waals surface area (Å²) in [4.78, 5) is 2.33. The molecule has 1 aliphatic carbocycles. The van der Waals surface area contributed by atoms with Crippen molar-refractivity contribution >= 4 is 93.0 Å². The predicted octanol–water partition coefficient (Wildman–Crippen LogP) is 11.9. The average Bonchev–Trinajstić information content (AvgIpc) is 3.74. The van der Waals surface area contributed by atoms with Gasteiger partial charge in [-0.3, -0.25) is 4.55 Å². The molecule has 7 aromatic rings. The zero-order chi connectivity index (χ0) is 40.4. The second kappa shape index (κ2) is 11.9. The van der Waals surface area contributed by atoms with E-state index in [4.69, 9.17) is 27.9 Å². The van der Waals surface area contributed by atoms with E-state index in [9.17, 15) is 13.0 Å². The third-order valence-electron chi connectivity index (χ3n) is 12.2. The van der Waals surface area contributed by atoms with Crippen LogP contribution in [0.15, 0.2) is 71.6 Å². The normalized spacial score (nSPS) is 16.2. The fourth-order valence-electron chi connectivity index (χ4n) is 9.09. The molecule has 2 aromatic heterocycles. The van der Waals surface area contributed by atoms with Crippen molar-refractivity contribution < 1.29 is 30.9 Å². The van der Waals surface area contributed by atoms with Gasteiger partial charge in [-0.15, -0.1) is 22.7 Å². The maximum atomic E-state index is 16.7. The van der Waals surface area contributed by atoms with Gasteiger partial charge in [0.05, 0.1) is 16.2 Å². The number of anilines is 1. The van der Waals surface area contributed by atoms with Crippen molar-refractivity contribution in [2.45, 2.75) is 50.5 Å². The third-order valence-corrected chi connectivity index (χ3v) is 16.2. The van der Waals surface area contributed by atoms with Crippen LogP contribution in [0.3, 0.4) is 0 Å². The minimum Gasteiger partial charge on any atom is -0.453 e. The Bertz CT molecular complexity index is 3300. The van der Waals surface area contributed by atoms with E-state index in [1.807, 2.05) is 61.3 Å². The van der Waals surface area contributed by atoms with Crippen LogP contribution in [0.2, 0.25) is 10.0 Å². The number of benzene rings is 5. The van der Waals surface area contributed by atoms with Gasteiger partial charge in [-0.05, 0) is 61.4 Å². The van der Waals surface area contributed by atoms with E-state index in [1.54, 1.807) is 23.5 Å². The molecular formula is C44H30Cl2F3NO4S3. The van der Waals surface area contributed by atoms with E-state index in [2.05, 4.69) is 33.8 Å². The molecule has 0 atom stereocenters. The van der Waals surface area contributed by atoms with Gasteiger partial charge in [0.2, 0.25) is 0 Å². The number of ether oxygens (including phenoxy) is 1.